The van der Waals surface area contributed by atoms with Crippen LogP contribution in [0.5, 0.6) is 0 Å². The number of hydrogen-bond donors (Lipinski definition) is 1. The molecule has 1 saturated heterocycles. The largest absolute Gasteiger partial charge is 0.271 e. The van der Waals surface area contributed by atoms with Crippen LogP contribution in [0.3, 0.4) is 0 Å². The molecule has 2 heterocycles. The first-order valence-corrected chi connectivity index (χ1v) is 10.7. The van der Waals surface area contributed by atoms with E-state index >= 15 is 0 Å². The Kier molecular flexibility index (Phi) is 5.76. The number of carbonyl (C=O) groups excluding carboxylic acids is 1. The second-order valence-corrected chi connectivity index (χ2v) is 9.53. The van der Waals surface area contributed by atoms with Gasteiger partial charge in [-0.15, -0.1) is 11.3 Å². The number of amides is 1. The van der Waals surface area contributed by atoms with E-state index < -0.39 is 15.9 Å². The van der Waals surface area contributed by atoms with Gasteiger partial charge in [-0.25, -0.2) is 13.8 Å². The van der Waals surface area contributed by atoms with Gasteiger partial charge in [-0.1, -0.05) is 17.7 Å². The van der Waals surface area contributed by atoms with E-state index in [0.717, 1.165) is 17.7 Å². The molecular weight excluding hydrogens is 394 g/mol. The molecule has 0 spiro atoms. The molecule has 3 rings (SSSR count). The third kappa shape index (κ3) is 4.15. The average molecular weight is 412 g/mol. The Bertz CT molecular complexity index is 948. The van der Waals surface area contributed by atoms with Gasteiger partial charge in [0.1, 0.15) is 0 Å². The van der Waals surface area contributed by atoms with Gasteiger partial charge in [0, 0.05) is 18.7 Å². The van der Waals surface area contributed by atoms with Gasteiger partial charge < -0.3 is 0 Å². The fraction of sp³-hybridized carbons (Fsp3) is 0.294. The standard InChI is InChI=1S/C17H18ClN3O3S2/c1-12(15-7-8-16(18)25-15)19-20-17(22)13-5-4-6-14(11-13)26(23,24)21-9-2-3-10-21/h4-8,11H,2-3,9-10H2,1H3,(H,20,22). The molecule has 1 fully saturated rings. The molecule has 26 heavy (non-hydrogen) atoms. The number of rotatable bonds is 5. The summed E-state index contributed by atoms with van der Waals surface area (Å²) < 4.78 is 27.3. The maximum Gasteiger partial charge on any atom is 0.271 e. The van der Waals surface area contributed by atoms with Crippen LogP contribution in [-0.4, -0.2) is 37.4 Å². The van der Waals surface area contributed by atoms with Crippen LogP contribution in [0.15, 0.2) is 46.4 Å². The highest BCUT2D eigenvalue weighted by molar-refractivity contribution is 7.89. The minimum atomic E-state index is -3.56. The summed E-state index contributed by atoms with van der Waals surface area (Å²) >= 11 is 7.25. The Morgan fingerprint density at radius 1 is 1.23 bits per heavy atom. The lowest BCUT2D eigenvalue weighted by molar-refractivity contribution is 0.0954. The van der Waals surface area contributed by atoms with Crippen LogP contribution in [-0.2, 0) is 10.0 Å². The van der Waals surface area contributed by atoms with E-state index in [0.29, 0.717) is 23.1 Å². The smallest absolute Gasteiger partial charge is 0.267 e. The van der Waals surface area contributed by atoms with Gasteiger partial charge in [0.25, 0.3) is 5.91 Å². The molecule has 138 valence electrons. The number of thiophene rings is 1. The summed E-state index contributed by atoms with van der Waals surface area (Å²) in [5.41, 5.74) is 3.32. The Balaban J connectivity index is 1.76. The first-order chi connectivity index (χ1) is 12.4. The number of hydrazone groups is 1. The lowest BCUT2D eigenvalue weighted by Gasteiger charge is -2.15. The van der Waals surface area contributed by atoms with E-state index in [-0.39, 0.29) is 10.5 Å². The zero-order valence-corrected chi connectivity index (χ0v) is 16.5. The topological polar surface area (TPSA) is 78.8 Å². The van der Waals surface area contributed by atoms with E-state index in [1.807, 2.05) is 6.07 Å². The molecule has 0 atom stereocenters. The summed E-state index contributed by atoms with van der Waals surface area (Å²) in [4.78, 5) is 13.3. The molecule has 1 N–H and O–H groups in total. The second kappa shape index (κ2) is 7.87. The first kappa shape index (κ1) is 19.0. The highest BCUT2D eigenvalue weighted by Crippen LogP contribution is 2.23. The van der Waals surface area contributed by atoms with Crippen molar-refractivity contribution in [2.24, 2.45) is 5.10 Å². The molecule has 1 aliphatic rings. The SMILES string of the molecule is CC(=NNC(=O)c1cccc(S(=O)(=O)N2CCCC2)c1)c1ccc(Cl)s1. The third-order valence-corrected chi connectivity index (χ3v) is 7.29. The van der Waals surface area contributed by atoms with Crippen molar-refractivity contribution in [3.63, 3.8) is 0 Å². The van der Waals surface area contributed by atoms with Crippen LogP contribution in [0.2, 0.25) is 4.34 Å². The molecule has 2 aromatic rings. The summed E-state index contributed by atoms with van der Waals surface area (Å²) in [5.74, 6) is -0.467. The normalized spacial score (nSPS) is 16.0. The molecule has 1 aromatic heterocycles. The molecule has 1 amide bonds. The fourth-order valence-electron chi connectivity index (χ4n) is 2.64. The van der Waals surface area contributed by atoms with Crippen LogP contribution in [0, 0.1) is 0 Å². The second-order valence-electron chi connectivity index (χ2n) is 5.88. The van der Waals surface area contributed by atoms with E-state index in [1.165, 1.54) is 27.8 Å². The van der Waals surface area contributed by atoms with Crippen molar-refractivity contribution in [2.75, 3.05) is 13.1 Å². The van der Waals surface area contributed by atoms with E-state index in [2.05, 4.69) is 10.5 Å². The van der Waals surface area contributed by atoms with Crippen molar-refractivity contribution in [1.29, 1.82) is 0 Å². The minimum Gasteiger partial charge on any atom is -0.267 e. The molecular formula is C17H18ClN3O3S2. The number of halogens is 1. The van der Waals surface area contributed by atoms with Gasteiger partial charge >= 0.3 is 0 Å². The summed E-state index contributed by atoms with van der Waals surface area (Å²) in [7, 11) is -3.56. The highest BCUT2D eigenvalue weighted by atomic mass is 35.5. The predicted molar refractivity (Wildman–Crippen MR) is 103 cm³/mol. The first-order valence-electron chi connectivity index (χ1n) is 8.08. The quantitative estimate of drug-likeness (QED) is 0.605. The van der Waals surface area contributed by atoms with Crippen LogP contribution < -0.4 is 5.43 Å². The number of benzene rings is 1. The van der Waals surface area contributed by atoms with Crippen molar-refractivity contribution < 1.29 is 13.2 Å². The number of hydrogen-bond acceptors (Lipinski definition) is 5. The fourth-order valence-corrected chi connectivity index (χ4v) is 5.19. The van der Waals surface area contributed by atoms with Gasteiger partial charge in [0.15, 0.2) is 0 Å². The van der Waals surface area contributed by atoms with Crippen LogP contribution in [0.1, 0.15) is 35.0 Å². The Hall–Kier alpha value is -1.74. The Morgan fingerprint density at radius 2 is 1.96 bits per heavy atom. The van der Waals surface area contributed by atoms with E-state index in [4.69, 9.17) is 11.6 Å². The molecule has 1 aromatic carbocycles. The molecule has 0 saturated carbocycles. The zero-order valence-electron chi connectivity index (χ0n) is 14.1. The maximum atomic E-state index is 12.6. The summed E-state index contributed by atoms with van der Waals surface area (Å²) in [6.45, 7) is 2.80. The van der Waals surface area contributed by atoms with E-state index in [9.17, 15) is 13.2 Å². The summed E-state index contributed by atoms with van der Waals surface area (Å²) in [5, 5.41) is 4.06. The average Bonchev–Trinajstić information content (AvgIpc) is 3.31. The molecule has 1 aliphatic heterocycles. The van der Waals surface area contributed by atoms with Crippen molar-refractivity contribution in [1.82, 2.24) is 9.73 Å². The molecule has 6 nitrogen and oxygen atoms in total. The zero-order chi connectivity index (χ0) is 18.7. The number of sulfonamides is 1. The molecule has 0 aliphatic carbocycles. The number of nitrogens with zero attached hydrogens (tertiary/aromatic N) is 2. The molecule has 0 radical (unpaired) electrons. The van der Waals surface area contributed by atoms with Crippen molar-refractivity contribution in [3.05, 3.63) is 51.2 Å². The predicted octanol–water partition coefficient (Wildman–Crippen LogP) is 3.34. The van der Waals surface area contributed by atoms with Gasteiger partial charge in [-0.2, -0.15) is 9.41 Å². The lowest BCUT2D eigenvalue weighted by Crippen LogP contribution is -2.28. The van der Waals surface area contributed by atoms with Crippen LogP contribution in [0.25, 0.3) is 0 Å². The van der Waals surface area contributed by atoms with E-state index in [1.54, 1.807) is 25.1 Å². The number of nitrogens with one attached hydrogen (secondary N) is 1. The Morgan fingerprint density at radius 3 is 2.62 bits per heavy atom. The highest BCUT2D eigenvalue weighted by Gasteiger charge is 2.27. The molecule has 9 heteroatoms. The van der Waals surface area contributed by atoms with Crippen molar-refractivity contribution in [3.8, 4) is 0 Å². The Labute approximate surface area is 161 Å². The van der Waals surface area contributed by atoms with Gasteiger partial charge in [0.05, 0.1) is 19.8 Å². The van der Waals surface area contributed by atoms with Gasteiger partial charge in [-0.05, 0) is 50.1 Å². The van der Waals surface area contributed by atoms with Gasteiger partial charge in [0.2, 0.25) is 10.0 Å². The third-order valence-electron chi connectivity index (χ3n) is 4.05. The van der Waals surface area contributed by atoms with Gasteiger partial charge in [-0.3, -0.25) is 4.79 Å². The monoisotopic (exact) mass is 411 g/mol. The van der Waals surface area contributed by atoms with Crippen molar-refractivity contribution >= 4 is 44.6 Å². The summed E-state index contributed by atoms with van der Waals surface area (Å²) in [6.07, 6.45) is 1.72. The number of carbonyl (C=O) groups is 1. The molecule has 0 bridgehead atoms. The summed E-state index contributed by atoms with van der Waals surface area (Å²) in [6, 6.07) is 9.59. The maximum absolute atomic E-state index is 12.6. The minimum absolute atomic E-state index is 0.123. The van der Waals surface area contributed by atoms with Crippen LogP contribution in [0.4, 0.5) is 0 Å². The van der Waals surface area contributed by atoms with Crippen LogP contribution >= 0.6 is 22.9 Å². The lowest BCUT2D eigenvalue weighted by atomic mass is 10.2. The molecule has 0 unspecified atom stereocenters. The van der Waals surface area contributed by atoms with Crippen molar-refractivity contribution in [2.45, 2.75) is 24.7 Å².